The lowest BCUT2D eigenvalue weighted by atomic mass is 10.2. The third-order valence-electron chi connectivity index (χ3n) is 4.29. The maximum atomic E-state index is 5.50. The van der Waals surface area contributed by atoms with E-state index in [1.807, 2.05) is 61.3 Å². The predicted molar refractivity (Wildman–Crippen MR) is 91.9 cm³/mol. The molecule has 4 heterocycles. The number of imidazole rings is 1. The lowest BCUT2D eigenvalue weighted by Gasteiger charge is -2.08. The smallest absolute Gasteiger partial charge is 0.231 e. The SMILES string of the molecule is Cc1nc2ccc(-c3cnn(C)c3)nc2n1-c1ccc2c(c1)OCO2. The summed E-state index contributed by atoms with van der Waals surface area (Å²) >= 11 is 0. The highest BCUT2D eigenvalue weighted by atomic mass is 16.7. The zero-order valence-electron chi connectivity index (χ0n) is 13.8. The number of ether oxygens (including phenoxy) is 2. The van der Waals surface area contributed by atoms with Crippen LogP contribution in [0.25, 0.3) is 28.1 Å². The Morgan fingerprint density at radius 3 is 2.76 bits per heavy atom. The average Bonchev–Trinajstić information content (AvgIpc) is 3.31. The molecule has 1 aromatic carbocycles. The van der Waals surface area contributed by atoms with Gasteiger partial charge in [-0.3, -0.25) is 9.25 Å². The molecule has 25 heavy (non-hydrogen) atoms. The minimum atomic E-state index is 0.256. The van der Waals surface area contributed by atoms with Gasteiger partial charge in [-0.2, -0.15) is 5.10 Å². The highest BCUT2D eigenvalue weighted by Gasteiger charge is 2.17. The fourth-order valence-corrected chi connectivity index (χ4v) is 3.12. The van der Waals surface area contributed by atoms with Crippen molar-refractivity contribution in [1.82, 2.24) is 24.3 Å². The quantitative estimate of drug-likeness (QED) is 0.564. The lowest BCUT2D eigenvalue weighted by molar-refractivity contribution is 0.174. The molecule has 0 atom stereocenters. The van der Waals surface area contributed by atoms with E-state index in [0.29, 0.717) is 0 Å². The molecule has 0 saturated carbocycles. The Bertz CT molecular complexity index is 1110. The fourth-order valence-electron chi connectivity index (χ4n) is 3.12. The van der Waals surface area contributed by atoms with Gasteiger partial charge in [-0.25, -0.2) is 9.97 Å². The van der Waals surface area contributed by atoms with Gasteiger partial charge in [0.15, 0.2) is 17.1 Å². The first kappa shape index (κ1) is 14.0. The maximum absolute atomic E-state index is 5.50. The Morgan fingerprint density at radius 1 is 1.04 bits per heavy atom. The van der Waals surface area contributed by atoms with E-state index in [2.05, 4.69) is 10.1 Å². The highest BCUT2D eigenvalue weighted by molar-refractivity contribution is 5.78. The second kappa shape index (κ2) is 5.07. The monoisotopic (exact) mass is 333 g/mol. The van der Waals surface area contributed by atoms with Gasteiger partial charge in [-0.15, -0.1) is 0 Å². The molecule has 1 aliphatic rings. The number of aryl methyl sites for hydroxylation is 2. The van der Waals surface area contributed by atoms with Crippen molar-refractivity contribution < 1.29 is 9.47 Å². The molecule has 0 fully saturated rings. The van der Waals surface area contributed by atoms with Gasteiger partial charge in [0.1, 0.15) is 11.3 Å². The number of hydrogen-bond donors (Lipinski definition) is 0. The molecule has 0 unspecified atom stereocenters. The first-order valence-corrected chi connectivity index (χ1v) is 7.94. The Morgan fingerprint density at radius 2 is 1.92 bits per heavy atom. The lowest BCUT2D eigenvalue weighted by Crippen LogP contribution is -1.98. The number of pyridine rings is 1. The molecule has 0 N–H and O–H groups in total. The minimum absolute atomic E-state index is 0.256. The molecule has 0 radical (unpaired) electrons. The first-order valence-electron chi connectivity index (χ1n) is 7.94. The van der Waals surface area contributed by atoms with Crippen LogP contribution in [0.1, 0.15) is 5.82 Å². The van der Waals surface area contributed by atoms with Crippen molar-refractivity contribution in [2.24, 2.45) is 7.05 Å². The van der Waals surface area contributed by atoms with Gasteiger partial charge in [0.25, 0.3) is 0 Å². The van der Waals surface area contributed by atoms with Crippen LogP contribution in [-0.4, -0.2) is 31.1 Å². The summed E-state index contributed by atoms with van der Waals surface area (Å²) in [6.45, 7) is 2.22. The zero-order chi connectivity index (χ0) is 17.0. The Kier molecular flexibility index (Phi) is 2.85. The van der Waals surface area contributed by atoms with Crippen molar-refractivity contribution in [1.29, 1.82) is 0 Å². The van der Waals surface area contributed by atoms with Gasteiger partial charge in [-0.1, -0.05) is 0 Å². The number of nitrogens with zero attached hydrogens (tertiary/aromatic N) is 5. The highest BCUT2D eigenvalue weighted by Crippen LogP contribution is 2.35. The van der Waals surface area contributed by atoms with Crippen LogP contribution in [0, 0.1) is 6.92 Å². The van der Waals surface area contributed by atoms with E-state index in [-0.39, 0.29) is 6.79 Å². The second-order valence-electron chi connectivity index (χ2n) is 5.97. The topological polar surface area (TPSA) is 67.0 Å². The number of fused-ring (bicyclic) bond motifs is 2. The zero-order valence-corrected chi connectivity index (χ0v) is 13.8. The average molecular weight is 333 g/mol. The summed E-state index contributed by atoms with van der Waals surface area (Å²) in [5.74, 6) is 2.36. The largest absolute Gasteiger partial charge is 0.454 e. The maximum Gasteiger partial charge on any atom is 0.231 e. The Balaban J connectivity index is 1.70. The molecule has 0 saturated heterocycles. The van der Waals surface area contributed by atoms with E-state index in [1.54, 1.807) is 4.68 Å². The van der Waals surface area contributed by atoms with Crippen LogP contribution in [0.2, 0.25) is 0 Å². The van der Waals surface area contributed by atoms with Crippen LogP contribution >= 0.6 is 0 Å². The molecule has 3 aromatic heterocycles. The summed E-state index contributed by atoms with van der Waals surface area (Å²) in [6, 6.07) is 9.81. The molecule has 0 aliphatic carbocycles. The standard InChI is InChI=1S/C18H15N5O2/c1-11-20-15-5-4-14(12-8-19-22(2)9-12)21-18(15)23(11)13-3-6-16-17(7-13)25-10-24-16/h3-9H,10H2,1-2H3. The normalized spacial score (nSPS) is 12.9. The molecular weight excluding hydrogens is 318 g/mol. The van der Waals surface area contributed by atoms with E-state index >= 15 is 0 Å². The number of aromatic nitrogens is 5. The summed E-state index contributed by atoms with van der Waals surface area (Å²) in [6.07, 6.45) is 3.75. The van der Waals surface area contributed by atoms with Crippen LogP contribution in [0.3, 0.4) is 0 Å². The molecule has 0 amide bonds. The van der Waals surface area contributed by atoms with Crippen molar-refractivity contribution in [3.63, 3.8) is 0 Å². The summed E-state index contributed by atoms with van der Waals surface area (Å²) in [4.78, 5) is 9.46. The summed E-state index contributed by atoms with van der Waals surface area (Å²) in [5.41, 5.74) is 4.43. The molecule has 7 nitrogen and oxygen atoms in total. The van der Waals surface area contributed by atoms with Gasteiger partial charge in [0.05, 0.1) is 17.6 Å². The van der Waals surface area contributed by atoms with E-state index in [1.165, 1.54) is 0 Å². The first-order chi connectivity index (χ1) is 12.2. The second-order valence-corrected chi connectivity index (χ2v) is 5.97. The molecular formula is C18H15N5O2. The van der Waals surface area contributed by atoms with Gasteiger partial charge in [-0.05, 0) is 31.2 Å². The third-order valence-corrected chi connectivity index (χ3v) is 4.29. The molecule has 4 aromatic rings. The predicted octanol–water partition coefficient (Wildman–Crippen LogP) is 2.86. The van der Waals surface area contributed by atoms with Gasteiger partial charge >= 0.3 is 0 Å². The summed E-state index contributed by atoms with van der Waals surface area (Å²) < 4.78 is 14.7. The van der Waals surface area contributed by atoms with Gasteiger partial charge in [0.2, 0.25) is 6.79 Å². The van der Waals surface area contributed by atoms with Crippen LogP contribution in [0.5, 0.6) is 11.5 Å². The number of hydrogen-bond acceptors (Lipinski definition) is 5. The molecule has 5 rings (SSSR count). The fraction of sp³-hybridized carbons (Fsp3) is 0.167. The van der Waals surface area contributed by atoms with Gasteiger partial charge in [0, 0.05) is 24.9 Å². The Hall–Kier alpha value is -3.35. The van der Waals surface area contributed by atoms with Gasteiger partial charge < -0.3 is 9.47 Å². The summed E-state index contributed by atoms with van der Waals surface area (Å²) in [5, 5.41) is 4.22. The van der Waals surface area contributed by atoms with Crippen molar-refractivity contribution >= 4 is 11.2 Å². The van der Waals surface area contributed by atoms with Crippen LogP contribution < -0.4 is 9.47 Å². The van der Waals surface area contributed by atoms with E-state index in [4.69, 9.17) is 14.5 Å². The van der Waals surface area contributed by atoms with Crippen molar-refractivity contribution in [3.05, 3.63) is 48.5 Å². The Labute approximate surface area is 143 Å². The van der Waals surface area contributed by atoms with Crippen molar-refractivity contribution in [3.8, 4) is 28.4 Å². The molecule has 0 spiro atoms. The molecule has 0 bridgehead atoms. The van der Waals surface area contributed by atoms with E-state index in [9.17, 15) is 0 Å². The van der Waals surface area contributed by atoms with Crippen LogP contribution in [0.4, 0.5) is 0 Å². The molecule has 1 aliphatic heterocycles. The molecule has 124 valence electrons. The van der Waals surface area contributed by atoms with Crippen molar-refractivity contribution in [2.75, 3.05) is 6.79 Å². The number of rotatable bonds is 2. The summed E-state index contributed by atoms with van der Waals surface area (Å²) in [7, 11) is 1.89. The van der Waals surface area contributed by atoms with E-state index < -0.39 is 0 Å². The minimum Gasteiger partial charge on any atom is -0.454 e. The number of benzene rings is 1. The van der Waals surface area contributed by atoms with E-state index in [0.717, 1.165) is 45.4 Å². The third kappa shape index (κ3) is 2.16. The van der Waals surface area contributed by atoms with Crippen molar-refractivity contribution in [2.45, 2.75) is 6.92 Å². The molecule has 7 heteroatoms. The van der Waals surface area contributed by atoms with Crippen LogP contribution in [-0.2, 0) is 7.05 Å². The van der Waals surface area contributed by atoms with Crippen LogP contribution in [0.15, 0.2) is 42.7 Å².